The number of rotatable bonds is 8. The first kappa shape index (κ1) is 33.4. The van der Waals surface area contributed by atoms with Gasteiger partial charge in [-0.2, -0.15) is 0 Å². The maximum Gasteiger partial charge on any atom is 0.164 e. The highest BCUT2D eigenvalue weighted by molar-refractivity contribution is 7.25. The van der Waals surface area contributed by atoms with Crippen molar-refractivity contribution in [2.24, 2.45) is 0 Å². The average molecular weight is 735 g/mol. The smallest absolute Gasteiger partial charge is 0.164 e. The van der Waals surface area contributed by atoms with Crippen molar-refractivity contribution < 1.29 is 0 Å². The molecule has 264 valence electrons. The zero-order valence-corrected chi connectivity index (χ0v) is 31.1. The molecule has 0 radical (unpaired) electrons. The number of aromatic nitrogens is 3. The van der Waals surface area contributed by atoms with Gasteiger partial charge in [-0.25, -0.2) is 15.0 Å². The van der Waals surface area contributed by atoms with E-state index < -0.39 is 0 Å². The standard InChI is InChI=1S/C51H34N4S/c1-5-13-35(14-6-1)37-21-26-42(27-22-37)55(43-28-23-38(24-29-43)36-15-7-2-8-16-36)44-30-32-47-46(34-44)45-31-25-41(33-48(45)56-47)51-53-49(39-17-9-3-10-18-39)52-50(54-51)40-19-11-4-12-20-40/h1-34H. The minimum Gasteiger partial charge on any atom is -0.310 e. The zero-order valence-electron chi connectivity index (χ0n) is 30.3. The van der Waals surface area contributed by atoms with E-state index in [1.54, 1.807) is 11.3 Å². The number of nitrogens with zero attached hydrogens (tertiary/aromatic N) is 4. The van der Waals surface area contributed by atoms with Crippen molar-refractivity contribution in [2.45, 2.75) is 0 Å². The molecule has 0 aliphatic heterocycles. The molecule has 2 aromatic heterocycles. The average Bonchev–Trinajstić information content (AvgIpc) is 3.65. The van der Waals surface area contributed by atoms with Crippen molar-refractivity contribution in [2.75, 3.05) is 4.90 Å². The number of anilines is 3. The van der Waals surface area contributed by atoms with Crippen LogP contribution in [-0.2, 0) is 0 Å². The zero-order chi connectivity index (χ0) is 37.3. The van der Waals surface area contributed by atoms with Crippen molar-refractivity contribution in [1.82, 2.24) is 15.0 Å². The number of benzene rings is 8. The van der Waals surface area contributed by atoms with Crippen LogP contribution in [0, 0.1) is 0 Å². The van der Waals surface area contributed by atoms with Crippen molar-refractivity contribution in [1.29, 1.82) is 0 Å². The molecule has 0 atom stereocenters. The second-order valence-electron chi connectivity index (χ2n) is 13.7. The van der Waals surface area contributed by atoms with Gasteiger partial charge < -0.3 is 4.90 Å². The number of fused-ring (bicyclic) bond motifs is 3. The van der Waals surface area contributed by atoms with Gasteiger partial charge >= 0.3 is 0 Å². The molecule has 0 aliphatic carbocycles. The fourth-order valence-electron chi connectivity index (χ4n) is 7.30. The quantitative estimate of drug-likeness (QED) is 0.156. The maximum atomic E-state index is 4.99. The topological polar surface area (TPSA) is 41.9 Å². The van der Waals surface area contributed by atoms with Gasteiger partial charge in [0.2, 0.25) is 0 Å². The lowest BCUT2D eigenvalue weighted by Gasteiger charge is -2.26. The van der Waals surface area contributed by atoms with Gasteiger partial charge in [0.1, 0.15) is 0 Å². The first-order valence-electron chi connectivity index (χ1n) is 18.7. The summed E-state index contributed by atoms with van der Waals surface area (Å²) in [5, 5.41) is 2.42. The predicted octanol–water partition coefficient (Wildman–Crippen LogP) is 14.0. The van der Waals surface area contributed by atoms with Crippen molar-refractivity contribution in [3.63, 3.8) is 0 Å². The molecule has 10 rings (SSSR count). The molecular formula is C51H34N4S. The molecule has 0 bridgehead atoms. The highest BCUT2D eigenvalue weighted by Crippen LogP contribution is 2.42. The summed E-state index contributed by atoms with van der Waals surface area (Å²) >= 11 is 1.79. The van der Waals surface area contributed by atoms with Gasteiger partial charge in [0.25, 0.3) is 0 Å². The molecule has 56 heavy (non-hydrogen) atoms. The van der Waals surface area contributed by atoms with E-state index in [-0.39, 0.29) is 0 Å². The monoisotopic (exact) mass is 734 g/mol. The van der Waals surface area contributed by atoms with Crippen molar-refractivity contribution in [3.8, 4) is 56.4 Å². The summed E-state index contributed by atoms with van der Waals surface area (Å²) in [5.74, 6) is 1.97. The molecule has 8 aromatic carbocycles. The van der Waals surface area contributed by atoms with E-state index in [2.05, 4.69) is 150 Å². The van der Waals surface area contributed by atoms with Crippen LogP contribution in [0.25, 0.3) is 76.6 Å². The fourth-order valence-corrected chi connectivity index (χ4v) is 8.42. The van der Waals surface area contributed by atoms with Crippen LogP contribution in [0.3, 0.4) is 0 Å². The molecule has 4 nitrogen and oxygen atoms in total. The molecule has 2 heterocycles. The minimum absolute atomic E-state index is 0.654. The van der Waals surface area contributed by atoms with E-state index in [0.29, 0.717) is 17.5 Å². The summed E-state index contributed by atoms with van der Waals surface area (Å²) in [4.78, 5) is 17.2. The fraction of sp³-hybridized carbons (Fsp3) is 0. The van der Waals surface area contributed by atoms with Crippen LogP contribution in [0.4, 0.5) is 17.1 Å². The van der Waals surface area contributed by atoms with Gasteiger partial charge in [-0.1, -0.05) is 158 Å². The molecule has 0 fully saturated rings. The summed E-state index contributed by atoms with van der Waals surface area (Å²) in [7, 11) is 0. The Morgan fingerprint density at radius 2 is 0.679 bits per heavy atom. The molecule has 0 saturated carbocycles. The Morgan fingerprint density at radius 3 is 1.16 bits per heavy atom. The largest absolute Gasteiger partial charge is 0.310 e. The molecule has 10 aromatic rings. The van der Waals surface area contributed by atoms with E-state index >= 15 is 0 Å². The van der Waals surface area contributed by atoms with Crippen LogP contribution in [0.1, 0.15) is 0 Å². The number of hydrogen-bond donors (Lipinski definition) is 0. The second kappa shape index (κ2) is 14.6. The minimum atomic E-state index is 0.654. The molecule has 5 heteroatoms. The Morgan fingerprint density at radius 1 is 0.286 bits per heavy atom. The lowest BCUT2D eigenvalue weighted by atomic mass is 10.0. The molecule has 0 amide bonds. The molecule has 0 N–H and O–H groups in total. The van der Waals surface area contributed by atoms with Crippen molar-refractivity contribution >= 4 is 48.6 Å². The first-order valence-corrected chi connectivity index (χ1v) is 19.5. The highest BCUT2D eigenvalue weighted by atomic mass is 32.1. The molecule has 0 aliphatic rings. The van der Waals surface area contributed by atoms with Crippen LogP contribution in [0.15, 0.2) is 206 Å². The van der Waals surface area contributed by atoms with Gasteiger partial charge in [0.15, 0.2) is 17.5 Å². The van der Waals surface area contributed by atoms with E-state index in [4.69, 9.17) is 15.0 Å². The SMILES string of the molecule is c1ccc(-c2ccc(N(c3ccc(-c4ccccc4)cc3)c3ccc4sc5cc(-c6nc(-c7ccccc7)nc(-c7ccccc7)n6)ccc5c4c3)cc2)cc1. The van der Waals surface area contributed by atoms with E-state index in [9.17, 15) is 0 Å². The van der Waals surface area contributed by atoms with Gasteiger partial charge in [0.05, 0.1) is 0 Å². The van der Waals surface area contributed by atoms with Gasteiger partial charge in [-0.05, 0) is 70.8 Å². The number of hydrogen-bond acceptors (Lipinski definition) is 5. The van der Waals surface area contributed by atoms with Gasteiger partial charge in [0, 0.05) is 53.9 Å². The van der Waals surface area contributed by atoms with Crippen LogP contribution in [0.5, 0.6) is 0 Å². The predicted molar refractivity (Wildman–Crippen MR) is 235 cm³/mol. The van der Waals surface area contributed by atoms with Crippen molar-refractivity contribution in [3.05, 3.63) is 206 Å². The van der Waals surface area contributed by atoms with E-state index in [1.165, 1.54) is 42.4 Å². The van der Waals surface area contributed by atoms with Gasteiger partial charge in [-0.15, -0.1) is 11.3 Å². The Hall–Kier alpha value is -7.21. The van der Waals surface area contributed by atoms with Crippen LogP contribution < -0.4 is 4.90 Å². The normalized spacial score (nSPS) is 11.2. The Bertz CT molecular complexity index is 2790. The van der Waals surface area contributed by atoms with Crippen LogP contribution >= 0.6 is 11.3 Å². The van der Waals surface area contributed by atoms with Gasteiger partial charge in [-0.3, -0.25) is 0 Å². The summed E-state index contributed by atoms with van der Waals surface area (Å²) in [6, 6.07) is 72.4. The lowest BCUT2D eigenvalue weighted by Crippen LogP contribution is -2.09. The Labute approximate surface area is 329 Å². The first-order chi connectivity index (χ1) is 27.7. The summed E-state index contributed by atoms with van der Waals surface area (Å²) in [6.07, 6.45) is 0. The third-order valence-electron chi connectivity index (χ3n) is 10.1. The third kappa shape index (κ3) is 6.51. The molecule has 0 spiro atoms. The Kier molecular flexibility index (Phi) is 8.67. The molecule has 0 unspecified atom stereocenters. The Balaban J connectivity index is 1.06. The van der Waals surface area contributed by atoms with Crippen LogP contribution in [0.2, 0.25) is 0 Å². The summed E-state index contributed by atoms with van der Waals surface area (Å²) in [6.45, 7) is 0. The van der Waals surface area contributed by atoms with Crippen LogP contribution in [-0.4, -0.2) is 15.0 Å². The summed E-state index contributed by atoms with van der Waals surface area (Å²) < 4.78 is 2.41. The maximum absolute atomic E-state index is 4.99. The van der Waals surface area contributed by atoms with E-state index in [1.807, 2.05) is 60.7 Å². The number of thiophene rings is 1. The van der Waals surface area contributed by atoms with E-state index in [0.717, 1.165) is 33.8 Å². The summed E-state index contributed by atoms with van der Waals surface area (Å²) in [5.41, 5.74) is 10.9. The second-order valence-corrected chi connectivity index (χ2v) is 14.8. The third-order valence-corrected chi connectivity index (χ3v) is 11.3. The lowest BCUT2D eigenvalue weighted by molar-refractivity contribution is 1.07. The molecular weight excluding hydrogens is 701 g/mol. The molecule has 0 saturated heterocycles. The highest BCUT2D eigenvalue weighted by Gasteiger charge is 2.17.